The highest BCUT2D eigenvalue weighted by Gasteiger charge is 2.18. The van der Waals surface area contributed by atoms with E-state index in [-0.39, 0.29) is 0 Å². The molecule has 6 rings (SSSR count). The molecule has 0 amide bonds. The number of nitrogens with one attached hydrogen (secondary N) is 1. The molecular formula is C31H25N3. The molecule has 6 aromatic rings. The fourth-order valence-electron chi connectivity index (χ4n) is 4.84. The molecule has 0 spiro atoms. The molecule has 0 atom stereocenters. The summed E-state index contributed by atoms with van der Waals surface area (Å²) in [5, 5.41) is 8.53. The number of anilines is 2. The minimum Gasteiger partial charge on any atom is -0.354 e. The Morgan fingerprint density at radius 2 is 1.47 bits per heavy atom. The topological polar surface area (TPSA) is 43.0 Å². The minimum absolute atomic E-state index is 0.534. The molecule has 0 radical (unpaired) electrons. The van der Waals surface area contributed by atoms with Gasteiger partial charge in [0.25, 0.3) is 0 Å². The molecule has 0 aliphatic heterocycles. The van der Waals surface area contributed by atoms with Gasteiger partial charge >= 0.3 is 0 Å². The van der Waals surface area contributed by atoms with Gasteiger partial charge in [-0.1, -0.05) is 73.3 Å². The highest BCUT2D eigenvalue weighted by molar-refractivity contribution is 6.19. The van der Waals surface area contributed by atoms with Gasteiger partial charge in [-0.15, -0.1) is 0 Å². The summed E-state index contributed by atoms with van der Waals surface area (Å²) in [5.74, 6) is 0. The molecule has 3 N–H and O–H groups in total. The number of para-hydroxylation sites is 1. The smallest absolute Gasteiger partial charge is 0.0562 e. The summed E-state index contributed by atoms with van der Waals surface area (Å²) in [4.78, 5) is 0. The van der Waals surface area contributed by atoms with Gasteiger partial charge < -0.3 is 15.6 Å². The van der Waals surface area contributed by atoms with E-state index in [1.165, 1.54) is 27.1 Å². The van der Waals surface area contributed by atoms with E-state index in [4.69, 9.17) is 5.73 Å². The summed E-state index contributed by atoms with van der Waals surface area (Å²) in [6, 6.07) is 36.3. The molecule has 3 nitrogen and oxygen atoms in total. The summed E-state index contributed by atoms with van der Waals surface area (Å²) >= 11 is 0. The van der Waals surface area contributed by atoms with Crippen molar-refractivity contribution in [3.8, 4) is 5.69 Å². The lowest BCUT2D eigenvalue weighted by atomic mass is 10.0. The molecule has 0 saturated carbocycles. The van der Waals surface area contributed by atoms with Gasteiger partial charge in [-0.25, -0.2) is 0 Å². The zero-order chi connectivity index (χ0) is 23.1. The number of fused-ring (bicyclic) bond motifs is 4. The van der Waals surface area contributed by atoms with Crippen LogP contribution in [0.4, 0.5) is 11.4 Å². The molecule has 34 heavy (non-hydrogen) atoms. The lowest BCUT2D eigenvalue weighted by Crippen LogP contribution is -1.98. The van der Waals surface area contributed by atoms with Crippen LogP contribution >= 0.6 is 0 Å². The van der Waals surface area contributed by atoms with Gasteiger partial charge in [-0.2, -0.15) is 0 Å². The van der Waals surface area contributed by atoms with Gasteiger partial charge in [0.1, 0.15) is 0 Å². The fraction of sp³-hybridized carbons (Fsp3) is 0.0323. The van der Waals surface area contributed by atoms with E-state index >= 15 is 0 Å². The average Bonchev–Trinajstić information content (AvgIpc) is 3.21. The van der Waals surface area contributed by atoms with Crippen molar-refractivity contribution in [3.05, 3.63) is 121 Å². The predicted molar refractivity (Wildman–Crippen MR) is 146 cm³/mol. The van der Waals surface area contributed by atoms with Crippen LogP contribution in [-0.4, -0.2) is 4.57 Å². The Bertz CT molecular complexity index is 1660. The molecule has 1 heterocycles. The maximum Gasteiger partial charge on any atom is 0.0562 e. The molecule has 1 aromatic heterocycles. The molecule has 0 saturated heterocycles. The number of aromatic nitrogens is 1. The second-order valence-electron chi connectivity index (χ2n) is 8.54. The van der Waals surface area contributed by atoms with E-state index in [1.807, 2.05) is 24.3 Å². The van der Waals surface area contributed by atoms with Crippen molar-refractivity contribution in [2.75, 3.05) is 5.32 Å². The third-order valence-electron chi connectivity index (χ3n) is 6.52. The van der Waals surface area contributed by atoms with Gasteiger partial charge in [-0.05, 0) is 64.4 Å². The minimum atomic E-state index is 0.534. The number of rotatable bonds is 5. The van der Waals surface area contributed by atoms with Crippen LogP contribution in [0.25, 0.3) is 44.3 Å². The highest BCUT2D eigenvalue weighted by atomic mass is 15.0. The number of hydrogen-bond donors (Lipinski definition) is 2. The van der Waals surface area contributed by atoms with Gasteiger partial charge in [0.05, 0.1) is 16.7 Å². The molecule has 0 aliphatic rings. The van der Waals surface area contributed by atoms with E-state index in [2.05, 4.69) is 101 Å². The molecule has 0 unspecified atom stereocenters. The highest BCUT2D eigenvalue weighted by Crippen LogP contribution is 2.41. The Labute approximate surface area is 198 Å². The summed E-state index contributed by atoms with van der Waals surface area (Å²) < 4.78 is 2.35. The summed E-state index contributed by atoms with van der Waals surface area (Å²) in [6.07, 6.45) is 1.92. The molecule has 164 valence electrons. The first-order valence-electron chi connectivity index (χ1n) is 11.5. The standard InChI is InChI=1S/C31H25N3/c1-2-22-14-17-28-30(31(22)33-25-10-4-3-5-11-25)27-18-23-8-6-7-9-24(23)19-29(27)34(28)26-15-12-21(20-32)13-16-26/h2-19,33H,1,20,32H2. The van der Waals surface area contributed by atoms with Crippen LogP contribution in [0, 0.1) is 0 Å². The van der Waals surface area contributed by atoms with Crippen LogP contribution in [0.3, 0.4) is 0 Å². The van der Waals surface area contributed by atoms with Gasteiger partial charge in [-0.3, -0.25) is 0 Å². The van der Waals surface area contributed by atoms with Crippen molar-refractivity contribution in [1.82, 2.24) is 4.57 Å². The molecule has 5 aromatic carbocycles. The third-order valence-corrected chi connectivity index (χ3v) is 6.52. The van der Waals surface area contributed by atoms with Crippen molar-refractivity contribution in [2.45, 2.75) is 6.54 Å². The van der Waals surface area contributed by atoms with Crippen LogP contribution in [0.1, 0.15) is 11.1 Å². The molecule has 0 fully saturated rings. The second kappa shape index (κ2) is 8.22. The molecule has 0 bridgehead atoms. The first-order valence-corrected chi connectivity index (χ1v) is 11.5. The van der Waals surface area contributed by atoms with E-state index in [9.17, 15) is 0 Å². The fourth-order valence-corrected chi connectivity index (χ4v) is 4.84. The Morgan fingerprint density at radius 1 is 0.765 bits per heavy atom. The van der Waals surface area contributed by atoms with E-state index < -0.39 is 0 Å². The number of nitrogens with zero attached hydrogens (tertiary/aromatic N) is 1. The Balaban J connectivity index is 1.74. The van der Waals surface area contributed by atoms with Crippen LogP contribution in [-0.2, 0) is 6.54 Å². The zero-order valence-electron chi connectivity index (χ0n) is 18.8. The lowest BCUT2D eigenvalue weighted by Gasteiger charge is -2.13. The number of hydrogen-bond acceptors (Lipinski definition) is 2. The van der Waals surface area contributed by atoms with Crippen molar-refractivity contribution >= 4 is 50.0 Å². The van der Waals surface area contributed by atoms with Crippen molar-refractivity contribution in [3.63, 3.8) is 0 Å². The van der Waals surface area contributed by atoms with Crippen LogP contribution in [0.5, 0.6) is 0 Å². The number of benzene rings is 5. The van der Waals surface area contributed by atoms with Crippen molar-refractivity contribution < 1.29 is 0 Å². The molecule has 3 heteroatoms. The normalized spacial score (nSPS) is 11.3. The van der Waals surface area contributed by atoms with Gasteiger partial charge in [0.2, 0.25) is 0 Å². The van der Waals surface area contributed by atoms with Gasteiger partial charge in [0, 0.05) is 28.7 Å². The molecule has 0 aliphatic carbocycles. The summed E-state index contributed by atoms with van der Waals surface area (Å²) in [5.41, 5.74) is 13.6. The van der Waals surface area contributed by atoms with E-state index in [0.717, 1.165) is 33.7 Å². The average molecular weight is 440 g/mol. The first kappa shape index (κ1) is 20.3. The molecular weight excluding hydrogens is 414 g/mol. The summed E-state index contributed by atoms with van der Waals surface area (Å²) in [6.45, 7) is 4.63. The maximum atomic E-state index is 5.86. The lowest BCUT2D eigenvalue weighted by molar-refractivity contribution is 1.06. The second-order valence-corrected chi connectivity index (χ2v) is 8.54. The Morgan fingerprint density at radius 3 is 2.18 bits per heavy atom. The monoisotopic (exact) mass is 439 g/mol. The predicted octanol–water partition coefficient (Wildman–Crippen LogP) is 7.78. The quantitative estimate of drug-likeness (QED) is 0.288. The van der Waals surface area contributed by atoms with Crippen LogP contribution in [0.2, 0.25) is 0 Å². The number of nitrogens with two attached hydrogens (primary N) is 1. The van der Waals surface area contributed by atoms with E-state index in [0.29, 0.717) is 6.54 Å². The largest absolute Gasteiger partial charge is 0.354 e. The van der Waals surface area contributed by atoms with Crippen LogP contribution in [0.15, 0.2) is 110 Å². The SMILES string of the molecule is C=Cc1ccc2c(c1Nc1ccccc1)c1cc3ccccc3cc1n2-c1ccc(CN)cc1. The van der Waals surface area contributed by atoms with Crippen LogP contribution < -0.4 is 11.1 Å². The van der Waals surface area contributed by atoms with E-state index in [1.54, 1.807) is 0 Å². The Kier molecular flexibility index (Phi) is 4.90. The first-order chi connectivity index (χ1) is 16.8. The zero-order valence-corrected chi connectivity index (χ0v) is 18.8. The van der Waals surface area contributed by atoms with Crippen molar-refractivity contribution in [2.24, 2.45) is 5.73 Å². The van der Waals surface area contributed by atoms with Gasteiger partial charge in [0.15, 0.2) is 0 Å². The Hall–Kier alpha value is -4.34. The third kappa shape index (κ3) is 3.26. The summed E-state index contributed by atoms with van der Waals surface area (Å²) in [7, 11) is 0. The van der Waals surface area contributed by atoms with Crippen molar-refractivity contribution in [1.29, 1.82) is 0 Å². The maximum absolute atomic E-state index is 5.86.